The van der Waals surface area contributed by atoms with Crippen LogP contribution in [-0.2, 0) is 0 Å². The Morgan fingerprint density at radius 2 is 0.925 bits per heavy atom. The molecule has 0 aliphatic carbocycles. The molecule has 0 radical (unpaired) electrons. The summed E-state index contributed by atoms with van der Waals surface area (Å²) in [7, 11) is 0. The molecule has 0 saturated carbocycles. The molecule has 0 amide bonds. The van der Waals surface area contributed by atoms with Crippen LogP contribution < -0.4 is 0 Å². The number of hydrogen-bond acceptors (Lipinski definition) is 0. The Labute approximate surface area is 231 Å². The number of aromatic nitrogens is 2. The number of para-hydroxylation sites is 3. The van der Waals surface area contributed by atoms with Crippen molar-refractivity contribution in [2.75, 3.05) is 0 Å². The zero-order valence-electron chi connectivity index (χ0n) is 21.6. The van der Waals surface area contributed by atoms with E-state index in [-0.39, 0.29) is 0 Å². The minimum Gasteiger partial charge on any atom is -0.309 e. The van der Waals surface area contributed by atoms with Gasteiger partial charge in [0.15, 0.2) is 5.69 Å². The molecule has 0 spiro atoms. The largest absolute Gasteiger partial charge is 0.309 e. The van der Waals surface area contributed by atoms with Crippen molar-refractivity contribution in [3.8, 4) is 22.5 Å². The molecule has 0 N–H and O–H groups in total. The molecule has 0 aliphatic heterocycles. The molecule has 8 rings (SSSR count). The highest BCUT2D eigenvalue weighted by molar-refractivity contribution is 6.12. The van der Waals surface area contributed by atoms with Crippen molar-refractivity contribution >= 4 is 49.3 Å². The van der Waals surface area contributed by atoms with Crippen molar-refractivity contribution in [3.05, 3.63) is 151 Å². The Bertz CT molecular complexity index is 2220. The maximum Gasteiger partial charge on any atom is 0.187 e. The van der Waals surface area contributed by atoms with Gasteiger partial charge in [-0.2, -0.15) is 0 Å². The standard InChI is InChI=1S/C37H23N3/c1-38-27-19-17-25(18-20-27)26-9-8-10-28(23-26)39-36-16-7-4-13-32(36)33-24-29(21-22-37(33)39)40-34-14-5-2-11-30(34)31-12-3-6-15-35(31)40/h2-24H. The fourth-order valence-electron chi connectivity index (χ4n) is 6.13. The highest BCUT2D eigenvalue weighted by atomic mass is 15.0. The predicted octanol–water partition coefficient (Wildman–Crippen LogP) is 10.1. The molecule has 0 unspecified atom stereocenters. The summed E-state index contributed by atoms with van der Waals surface area (Å²) in [6, 6.07) is 49.2. The molecule has 0 bridgehead atoms. The first-order valence-corrected chi connectivity index (χ1v) is 13.4. The van der Waals surface area contributed by atoms with Gasteiger partial charge in [0.05, 0.1) is 28.6 Å². The van der Waals surface area contributed by atoms with Gasteiger partial charge in [-0.15, -0.1) is 0 Å². The minimum atomic E-state index is 0.654. The predicted molar refractivity (Wildman–Crippen MR) is 167 cm³/mol. The number of benzene rings is 6. The average molecular weight is 510 g/mol. The van der Waals surface area contributed by atoms with Crippen LogP contribution in [0.4, 0.5) is 5.69 Å². The van der Waals surface area contributed by atoms with E-state index < -0.39 is 0 Å². The van der Waals surface area contributed by atoms with Crippen molar-refractivity contribution < 1.29 is 0 Å². The zero-order chi connectivity index (χ0) is 26.6. The van der Waals surface area contributed by atoms with E-state index >= 15 is 0 Å². The third kappa shape index (κ3) is 3.30. The normalized spacial score (nSPS) is 11.5. The SMILES string of the molecule is [C-]#[N+]c1ccc(-c2cccc(-n3c4ccccc4c4cc(-n5c6ccccc6c6ccccc65)ccc43)c2)cc1. The van der Waals surface area contributed by atoms with Gasteiger partial charge >= 0.3 is 0 Å². The summed E-state index contributed by atoms with van der Waals surface area (Å²) >= 11 is 0. The van der Waals surface area contributed by atoms with Crippen molar-refractivity contribution in [2.45, 2.75) is 0 Å². The van der Waals surface area contributed by atoms with Crippen LogP contribution in [0.15, 0.2) is 140 Å². The Kier molecular flexibility index (Phi) is 4.89. The van der Waals surface area contributed by atoms with E-state index in [9.17, 15) is 0 Å². The maximum atomic E-state index is 7.26. The van der Waals surface area contributed by atoms with Crippen molar-refractivity contribution in [3.63, 3.8) is 0 Å². The molecule has 3 nitrogen and oxygen atoms in total. The second-order valence-corrected chi connectivity index (χ2v) is 10.1. The molecule has 0 atom stereocenters. The summed E-state index contributed by atoms with van der Waals surface area (Å²) in [5.41, 5.74) is 9.92. The molecule has 0 fully saturated rings. The van der Waals surface area contributed by atoms with Crippen LogP contribution in [-0.4, -0.2) is 9.13 Å². The first kappa shape index (κ1) is 22.4. The van der Waals surface area contributed by atoms with E-state index in [1.165, 1.54) is 43.6 Å². The zero-order valence-corrected chi connectivity index (χ0v) is 21.6. The quantitative estimate of drug-likeness (QED) is 0.210. The molecule has 0 aliphatic rings. The van der Waals surface area contributed by atoms with Crippen LogP contribution in [0.2, 0.25) is 0 Å². The molecule has 0 saturated heterocycles. The molecule has 2 heterocycles. The second-order valence-electron chi connectivity index (χ2n) is 10.1. The van der Waals surface area contributed by atoms with E-state index in [0.717, 1.165) is 22.5 Å². The van der Waals surface area contributed by atoms with Crippen molar-refractivity contribution in [1.29, 1.82) is 0 Å². The van der Waals surface area contributed by atoms with Gasteiger partial charge in [0.2, 0.25) is 0 Å². The van der Waals surface area contributed by atoms with Gasteiger partial charge in [-0.25, -0.2) is 4.85 Å². The van der Waals surface area contributed by atoms with Crippen molar-refractivity contribution in [2.24, 2.45) is 0 Å². The van der Waals surface area contributed by atoms with Crippen LogP contribution in [0.3, 0.4) is 0 Å². The number of hydrogen-bond donors (Lipinski definition) is 0. The lowest BCUT2D eigenvalue weighted by molar-refractivity contribution is 1.17. The summed E-state index contributed by atoms with van der Waals surface area (Å²) in [6.07, 6.45) is 0. The summed E-state index contributed by atoms with van der Waals surface area (Å²) in [5.74, 6) is 0. The average Bonchev–Trinajstić information content (AvgIpc) is 3.54. The molecule has 40 heavy (non-hydrogen) atoms. The minimum absolute atomic E-state index is 0.654. The highest BCUT2D eigenvalue weighted by Gasteiger charge is 2.16. The number of fused-ring (bicyclic) bond motifs is 6. The van der Waals surface area contributed by atoms with Gasteiger partial charge in [-0.1, -0.05) is 91.0 Å². The molecule has 2 aromatic heterocycles. The number of rotatable bonds is 3. The Morgan fingerprint density at radius 1 is 0.400 bits per heavy atom. The van der Waals surface area contributed by atoms with Crippen LogP contribution >= 0.6 is 0 Å². The highest BCUT2D eigenvalue weighted by Crippen LogP contribution is 2.37. The van der Waals surface area contributed by atoms with Crippen LogP contribution in [0, 0.1) is 6.57 Å². The molecule has 3 heteroatoms. The molecular weight excluding hydrogens is 486 g/mol. The number of nitrogens with zero attached hydrogens (tertiary/aromatic N) is 3. The van der Waals surface area contributed by atoms with Gasteiger partial charge in [0.25, 0.3) is 0 Å². The van der Waals surface area contributed by atoms with E-state index in [0.29, 0.717) is 5.69 Å². The summed E-state index contributed by atoms with van der Waals surface area (Å²) < 4.78 is 4.74. The Hall–Kier alpha value is -5.59. The molecule has 8 aromatic rings. The lowest BCUT2D eigenvalue weighted by Gasteiger charge is -2.12. The van der Waals surface area contributed by atoms with E-state index in [2.05, 4.69) is 129 Å². The van der Waals surface area contributed by atoms with Crippen LogP contribution in [0.25, 0.3) is 71.0 Å². The Morgan fingerprint density at radius 3 is 1.52 bits per heavy atom. The van der Waals surface area contributed by atoms with Crippen LogP contribution in [0.5, 0.6) is 0 Å². The summed E-state index contributed by atoms with van der Waals surface area (Å²) in [6.45, 7) is 7.26. The van der Waals surface area contributed by atoms with Gasteiger partial charge in [0, 0.05) is 32.9 Å². The fraction of sp³-hybridized carbons (Fsp3) is 0. The fourth-order valence-corrected chi connectivity index (χ4v) is 6.13. The first-order chi connectivity index (χ1) is 19.8. The van der Waals surface area contributed by atoms with Gasteiger partial charge in [-0.05, 0) is 59.7 Å². The molecule has 186 valence electrons. The lowest BCUT2D eigenvalue weighted by atomic mass is 10.0. The van der Waals surface area contributed by atoms with Gasteiger partial charge < -0.3 is 9.13 Å². The van der Waals surface area contributed by atoms with E-state index in [1.54, 1.807) is 0 Å². The van der Waals surface area contributed by atoms with Gasteiger partial charge in [0.1, 0.15) is 0 Å². The molecule has 6 aromatic carbocycles. The summed E-state index contributed by atoms with van der Waals surface area (Å²) in [5, 5.41) is 4.98. The van der Waals surface area contributed by atoms with Crippen molar-refractivity contribution in [1.82, 2.24) is 9.13 Å². The Balaban J connectivity index is 1.36. The maximum absolute atomic E-state index is 7.26. The van der Waals surface area contributed by atoms with Crippen LogP contribution in [0.1, 0.15) is 0 Å². The smallest absolute Gasteiger partial charge is 0.187 e. The monoisotopic (exact) mass is 509 g/mol. The van der Waals surface area contributed by atoms with E-state index in [1.807, 2.05) is 24.3 Å². The molecular formula is C37H23N3. The third-order valence-corrected chi connectivity index (χ3v) is 7.93. The van der Waals surface area contributed by atoms with E-state index in [4.69, 9.17) is 6.57 Å². The first-order valence-electron chi connectivity index (χ1n) is 13.4. The summed E-state index contributed by atoms with van der Waals surface area (Å²) in [4.78, 5) is 3.53. The topological polar surface area (TPSA) is 14.2 Å². The third-order valence-electron chi connectivity index (χ3n) is 7.93. The van der Waals surface area contributed by atoms with Gasteiger partial charge in [-0.3, -0.25) is 0 Å². The second kappa shape index (κ2) is 8.73. The lowest BCUT2D eigenvalue weighted by Crippen LogP contribution is -1.96.